The van der Waals surface area contributed by atoms with Gasteiger partial charge in [0.25, 0.3) is 0 Å². The summed E-state index contributed by atoms with van der Waals surface area (Å²) in [4.78, 5) is 0. The highest BCUT2D eigenvalue weighted by molar-refractivity contribution is 4.89. The molecular weight excluding hydrogens is 108 g/mol. The van der Waals surface area contributed by atoms with Crippen LogP contribution in [0.3, 0.4) is 0 Å². The average molecular weight is 127 g/mol. The van der Waals surface area contributed by atoms with Crippen LogP contribution in [0.5, 0.6) is 0 Å². The molecule has 0 heteroatoms. The molecule has 0 amide bonds. The van der Waals surface area contributed by atoms with Gasteiger partial charge in [0.05, 0.1) is 0 Å². The molecule has 0 aromatic carbocycles. The molecule has 0 aromatic rings. The molecule has 0 aliphatic carbocycles. The van der Waals surface area contributed by atoms with Crippen LogP contribution < -0.4 is 0 Å². The Morgan fingerprint density at radius 1 is 1.44 bits per heavy atom. The van der Waals surface area contributed by atoms with Gasteiger partial charge in [-0.3, -0.25) is 0 Å². The quantitative estimate of drug-likeness (QED) is 0.533. The standard InChI is InChI=1S/C7H13.C2H6/c1-5-7(4)6(2)3;1-2/h2,7H,5H2,1,3-4H3;1-2H3. The largest absolute Gasteiger partial charge is 0.0705 e. The molecule has 1 unspecified atom stereocenters. The van der Waals surface area contributed by atoms with Crippen molar-refractivity contribution in [1.29, 1.82) is 0 Å². The van der Waals surface area contributed by atoms with Gasteiger partial charge in [-0.1, -0.05) is 39.8 Å². The van der Waals surface area contributed by atoms with Crippen LogP contribution in [0.2, 0.25) is 0 Å². The lowest BCUT2D eigenvalue weighted by atomic mass is 10.0. The first-order chi connectivity index (χ1) is 4.18. The Bertz CT molecular complexity index is 62.4. The van der Waals surface area contributed by atoms with Crippen LogP contribution in [-0.4, -0.2) is 0 Å². The number of hydrogen-bond acceptors (Lipinski definition) is 0. The molecule has 0 aromatic heterocycles. The topological polar surface area (TPSA) is 0 Å². The van der Waals surface area contributed by atoms with Gasteiger partial charge in [0.2, 0.25) is 0 Å². The molecule has 0 spiro atoms. The van der Waals surface area contributed by atoms with Gasteiger partial charge >= 0.3 is 0 Å². The van der Waals surface area contributed by atoms with Crippen LogP contribution in [0.15, 0.2) is 5.57 Å². The fraction of sp³-hybridized carbons (Fsp3) is 0.778. The minimum absolute atomic E-state index is 0.597. The SMILES string of the molecule is CC.[CH]=C(C)C(C)CC. The molecule has 0 saturated carbocycles. The Kier molecular flexibility index (Phi) is 9.91. The summed E-state index contributed by atoms with van der Waals surface area (Å²) in [5, 5.41) is 0. The molecule has 0 rings (SSSR count). The van der Waals surface area contributed by atoms with Crippen LogP contribution in [0, 0.1) is 12.5 Å². The lowest BCUT2D eigenvalue weighted by molar-refractivity contribution is 0.656. The molecule has 0 heterocycles. The molecular formula is C9H19. The van der Waals surface area contributed by atoms with E-state index in [-0.39, 0.29) is 0 Å². The van der Waals surface area contributed by atoms with Crippen molar-refractivity contribution in [3.8, 4) is 0 Å². The van der Waals surface area contributed by atoms with Crippen LogP contribution >= 0.6 is 0 Å². The summed E-state index contributed by atoms with van der Waals surface area (Å²) in [6.07, 6.45) is 1.16. The summed E-state index contributed by atoms with van der Waals surface area (Å²) in [5.41, 5.74) is 1.04. The zero-order valence-electron chi connectivity index (χ0n) is 7.36. The van der Waals surface area contributed by atoms with Gasteiger partial charge in [-0.15, -0.1) is 0 Å². The van der Waals surface area contributed by atoms with Gasteiger partial charge in [0, 0.05) is 0 Å². The van der Waals surface area contributed by atoms with Gasteiger partial charge in [0.1, 0.15) is 0 Å². The zero-order valence-corrected chi connectivity index (χ0v) is 7.36. The van der Waals surface area contributed by atoms with E-state index < -0.39 is 0 Å². The Balaban J connectivity index is 0. The predicted octanol–water partition coefficient (Wildman–Crippen LogP) is 3.44. The second-order valence-electron chi connectivity index (χ2n) is 2.05. The highest BCUT2D eigenvalue weighted by Gasteiger charge is 1.94. The Morgan fingerprint density at radius 3 is 1.78 bits per heavy atom. The highest BCUT2D eigenvalue weighted by Crippen LogP contribution is 2.08. The van der Waals surface area contributed by atoms with E-state index in [1.165, 1.54) is 0 Å². The van der Waals surface area contributed by atoms with Gasteiger partial charge in [-0.2, -0.15) is 0 Å². The van der Waals surface area contributed by atoms with Gasteiger partial charge in [-0.05, 0) is 19.3 Å². The van der Waals surface area contributed by atoms with Crippen molar-refractivity contribution >= 4 is 0 Å². The fourth-order valence-electron chi connectivity index (χ4n) is 0.322. The summed E-state index contributed by atoms with van der Waals surface area (Å²) in [7, 11) is 0. The number of allylic oxidation sites excluding steroid dienone is 1. The van der Waals surface area contributed by atoms with Crippen molar-refractivity contribution < 1.29 is 0 Å². The maximum Gasteiger partial charge on any atom is -0.0234 e. The molecule has 0 bridgehead atoms. The monoisotopic (exact) mass is 127 g/mol. The maximum absolute atomic E-state index is 5.46. The van der Waals surface area contributed by atoms with Crippen molar-refractivity contribution in [2.24, 2.45) is 5.92 Å². The summed E-state index contributed by atoms with van der Waals surface area (Å²) >= 11 is 0. The molecule has 0 saturated heterocycles. The summed E-state index contributed by atoms with van der Waals surface area (Å²) < 4.78 is 0. The van der Waals surface area contributed by atoms with E-state index in [9.17, 15) is 0 Å². The Morgan fingerprint density at radius 2 is 1.78 bits per heavy atom. The third-order valence-electron chi connectivity index (χ3n) is 1.39. The van der Waals surface area contributed by atoms with E-state index in [1.807, 2.05) is 20.8 Å². The molecule has 0 fully saturated rings. The second kappa shape index (κ2) is 7.74. The van der Waals surface area contributed by atoms with Crippen molar-refractivity contribution in [3.05, 3.63) is 12.2 Å². The summed E-state index contributed by atoms with van der Waals surface area (Å²) in [6.45, 7) is 15.7. The van der Waals surface area contributed by atoms with E-state index in [2.05, 4.69) is 13.8 Å². The van der Waals surface area contributed by atoms with Crippen LogP contribution in [0.25, 0.3) is 0 Å². The lowest BCUT2D eigenvalue weighted by Crippen LogP contribution is -1.90. The summed E-state index contributed by atoms with van der Waals surface area (Å²) in [6, 6.07) is 0. The predicted molar refractivity (Wildman–Crippen MR) is 44.3 cm³/mol. The van der Waals surface area contributed by atoms with Crippen LogP contribution in [-0.2, 0) is 0 Å². The van der Waals surface area contributed by atoms with E-state index in [4.69, 9.17) is 6.58 Å². The molecule has 0 aliphatic heterocycles. The van der Waals surface area contributed by atoms with E-state index >= 15 is 0 Å². The first kappa shape index (κ1) is 11.5. The van der Waals surface area contributed by atoms with Crippen molar-refractivity contribution in [2.45, 2.75) is 41.0 Å². The minimum Gasteiger partial charge on any atom is -0.0705 e. The third kappa shape index (κ3) is 7.74. The lowest BCUT2D eigenvalue weighted by Gasteiger charge is -2.03. The molecule has 55 valence electrons. The van der Waals surface area contributed by atoms with Crippen molar-refractivity contribution in [1.82, 2.24) is 0 Å². The molecule has 1 atom stereocenters. The Hall–Kier alpha value is -0.260. The first-order valence-electron chi connectivity index (χ1n) is 3.77. The average Bonchev–Trinajstić information content (AvgIpc) is 1.91. The van der Waals surface area contributed by atoms with E-state index in [0.717, 1.165) is 12.0 Å². The third-order valence-corrected chi connectivity index (χ3v) is 1.39. The first-order valence-corrected chi connectivity index (χ1v) is 3.77. The molecule has 9 heavy (non-hydrogen) atoms. The van der Waals surface area contributed by atoms with Crippen LogP contribution in [0.4, 0.5) is 0 Å². The molecule has 0 nitrogen and oxygen atoms in total. The van der Waals surface area contributed by atoms with Crippen molar-refractivity contribution in [2.75, 3.05) is 0 Å². The highest BCUT2D eigenvalue weighted by atomic mass is 14.0. The van der Waals surface area contributed by atoms with Crippen molar-refractivity contribution in [3.63, 3.8) is 0 Å². The fourth-order valence-corrected chi connectivity index (χ4v) is 0.322. The molecule has 1 radical (unpaired) electrons. The van der Waals surface area contributed by atoms with Gasteiger partial charge in [0.15, 0.2) is 0 Å². The maximum atomic E-state index is 5.46. The number of hydrogen-bond donors (Lipinski definition) is 0. The minimum atomic E-state index is 0.597. The van der Waals surface area contributed by atoms with Crippen LogP contribution in [0.1, 0.15) is 41.0 Å². The van der Waals surface area contributed by atoms with E-state index in [0.29, 0.717) is 5.92 Å². The number of rotatable bonds is 2. The zero-order chi connectivity index (χ0) is 7.86. The normalized spacial score (nSPS) is 11.2. The summed E-state index contributed by atoms with van der Waals surface area (Å²) in [5.74, 6) is 0.597. The van der Waals surface area contributed by atoms with Gasteiger partial charge < -0.3 is 0 Å². The Labute approximate surface area is 60.0 Å². The van der Waals surface area contributed by atoms with Gasteiger partial charge in [-0.25, -0.2) is 0 Å². The molecule has 0 N–H and O–H groups in total. The molecule has 0 aliphatic rings. The van der Waals surface area contributed by atoms with E-state index in [1.54, 1.807) is 0 Å². The smallest absolute Gasteiger partial charge is 0.0234 e. The second-order valence-corrected chi connectivity index (χ2v) is 2.05.